The fourth-order valence-electron chi connectivity index (χ4n) is 0.840. The number of hydrogen-bond acceptors (Lipinski definition) is 3. The third kappa shape index (κ3) is 2.89. The predicted molar refractivity (Wildman–Crippen MR) is 54.9 cm³/mol. The lowest BCUT2D eigenvalue weighted by molar-refractivity contribution is 0.538. The van der Waals surface area contributed by atoms with Crippen LogP contribution >= 0.6 is 24.8 Å². The first-order valence-corrected chi connectivity index (χ1v) is 3.26. The van der Waals surface area contributed by atoms with Crippen LogP contribution in [0, 0.1) is 0 Å². The minimum Gasteiger partial charge on any atom is -0.309 e. The summed E-state index contributed by atoms with van der Waals surface area (Å²) in [4.78, 5) is 0. The van der Waals surface area contributed by atoms with E-state index in [0.717, 1.165) is 5.82 Å². The van der Waals surface area contributed by atoms with E-state index in [9.17, 15) is 0 Å². The molecule has 6 heteroatoms. The lowest BCUT2D eigenvalue weighted by Crippen LogP contribution is -2.14. The number of halogens is 2. The Bertz CT molecular complexity index is 211. The highest BCUT2D eigenvalue weighted by Crippen LogP contribution is 2.10. The summed E-state index contributed by atoms with van der Waals surface area (Å²) < 4.78 is 1.82. The van der Waals surface area contributed by atoms with Crippen molar-refractivity contribution in [3.05, 3.63) is 12.3 Å². The Morgan fingerprint density at radius 1 is 1.50 bits per heavy atom. The molecule has 0 spiro atoms. The number of nitrogen functional groups attached to an aromatic ring is 1. The van der Waals surface area contributed by atoms with Gasteiger partial charge in [0.15, 0.2) is 0 Å². The second-order valence-electron chi connectivity index (χ2n) is 2.40. The van der Waals surface area contributed by atoms with E-state index in [1.165, 1.54) is 0 Å². The molecule has 0 aromatic carbocycles. The number of nitrogens with zero attached hydrogens (tertiary/aromatic N) is 2. The van der Waals surface area contributed by atoms with Crippen molar-refractivity contribution in [3.8, 4) is 0 Å². The van der Waals surface area contributed by atoms with Gasteiger partial charge in [0, 0.05) is 12.1 Å². The largest absolute Gasteiger partial charge is 0.309 e. The molecule has 0 aliphatic heterocycles. The summed E-state index contributed by atoms with van der Waals surface area (Å²) in [5.74, 6) is 6.06. The first-order chi connectivity index (χ1) is 4.75. The summed E-state index contributed by atoms with van der Waals surface area (Å²) in [6, 6.07) is 2.18. The maximum absolute atomic E-state index is 5.22. The highest BCUT2D eigenvalue weighted by Gasteiger charge is 2.01. The van der Waals surface area contributed by atoms with Gasteiger partial charge in [-0.3, -0.25) is 0 Å². The van der Waals surface area contributed by atoms with Gasteiger partial charge in [0.25, 0.3) is 0 Å². The smallest absolute Gasteiger partial charge is 0.138 e. The molecule has 0 amide bonds. The van der Waals surface area contributed by atoms with E-state index < -0.39 is 0 Å². The Labute approximate surface area is 84.3 Å². The summed E-state index contributed by atoms with van der Waals surface area (Å²) in [5, 5.41) is 4.06. The molecular formula is C6H14Cl2N4. The van der Waals surface area contributed by atoms with Crippen molar-refractivity contribution >= 4 is 30.6 Å². The molecule has 0 aliphatic carbocycles. The fraction of sp³-hybridized carbons (Fsp3) is 0.500. The second-order valence-corrected chi connectivity index (χ2v) is 2.40. The van der Waals surface area contributed by atoms with E-state index in [-0.39, 0.29) is 24.8 Å². The maximum atomic E-state index is 5.22. The number of nitrogens with two attached hydrogens (primary N) is 1. The van der Waals surface area contributed by atoms with Gasteiger partial charge in [-0.15, -0.1) is 24.8 Å². The van der Waals surface area contributed by atoms with E-state index in [4.69, 9.17) is 5.84 Å². The van der Waals surface area contributed by atoms with Crippen LogP contribution in [0.4, 0.5) is 5.82 Å². The van der Waals surface area contributed by atoms with Crippen molar-refractivity contribution in [2.45, 2.75) is 19.9 Å². The first kappa shape index (κ1) is 14.1. The van der Waals surface area contributed by atoms with Crippen LogP contribution in [-0.2, 0) is 0 Å². The van der Waals surface area contributed by atoms with E-state index in [0.29, 0.717) is 6.04 Å². The molecule has 0 atom stereocenters. The third-order valence-electron chi connectivity index (χ3n) is 1.31. The molecule has 72 valence electrons. The van der Waals surface area contributed by atoms with Crippen molar-refractivity contribution in [3.63, 3.8) is 0 Å². The SMILES string of the molecule is CC(C)n1nccc1NN.Cl.Cl. The first-order valence-electron chi connectivity index (χ1n) is 3.26. The van der Waals surface area contributed by atoms with Crippen LogP contribution in [0.2, 0.25) is 0 Å². The molecule has 0 fully saturated rings. The fourth-order valence-corrected chi connectivity index (χ4v) is 0.840. The van der Waals surface area contributed by atoms with Crippen LogP contribution in [0.1, 0.15) is 19.9 Å². The molecule has 1 aromatic rings. The van der Waals surface area contributed by atoms with Crippen molar-refractivity contribution in [1.29, 1.82) is 0 Å². The lowest BCUT2D eigenvalue weighted by Gasteiger charge is -2.08. The standard InChI is InChI=1S/C6H12N4.2ClH/c1-5(2)10-6(9-7)3-4-8-10;;/h3-5,9H,7H2,1-2H3;2*1H. The molecule has 4 nitrogen and oxygen atoms in total. The molecular weight excluding hydrogens is 199 g/mol. The van der Waals surface area contributed by atoms with Crippen LogP contribution < -0.4 is 11.3 Å². The van der Waals surface area contributed by atoms with Gasteiger partial charge in [0.1, 0.15) is 5.82 Å². The molecule has 0 saturated carbocycles. The van der Waals surface area contributed by atoms with Crippen molar-refractivity contribution in [2.24, 2.45) is 5.84 Å². The van der Waals surface area contributed by atoms with E-state index in [2.05, 4.69) is 10.5 Å². The quantitative estimate of drug-likeness (QED) is 0.579. The molecule has 0 radical (unpaired) electrons. The minimum atomic E-state index is 0. The Balaban J connectivity index is 0. The minimum absolute atomic E-state index is 0. The van der Waals surface area contributed by atoms with Gasteiger partial charge in [-0.25, -0.2) is 10.5 Å². The van der Waals surface area contributed by atoms with Gasteiger partial charge in [0.2, 0.25) is 0 Å². The average Bonchev–Trinajstić information content (AvgIpc) is 2.33. The molecule has 0 bridgehead atoms. The Morgan fingerprint density at radius 3 is 2.42 bits per heavy atom. The van der Waals surface area contributed by atoms with Crippen LogP contribution in [0.25, 0.3) is 0 Å². The highest BCUT2D eigenvalue weighted by molar-refractivity contribution is 5.85. The molecule has 1 rings (SSSR count). The number of aromatic nitrogens is 2. The van der Waals surface area contributed by atoms with Gasteiger partial charge in [-0.1, -0.05) is 0 Å². The second kappa shape index (κ2) is 6.11. The summed E-state index contributed by atoms with van der Waals surface area (Å²) in [6.45, 7) is 4.10. The zero-order valence-electron chi connectivity index (χ0n) is 7.02. The van der Waals surface area contributed by atoms with Gasteiger partial charge in [-0.05, 0) is 13.8 Å². The zero-order valence-corrected chi connectivity index (χ0v) is 8.65. The van der Waals surface area contributed by atoms with E-state index in [1.807, 2.05) is 24.6 Å². The molecule has 0 unspecified atom stereocenters. The number of anilines is 1. The number of nitrogens with one attached hydrogen (secondary N) is 1. The topological polar surface area (TPSA) is 55.9 Å². The number of rotatable bonds is 2. The number of hydrogen-bond donors (Lipinski definition) is 2. The third-order valence-corrected chi connectivity index (χ3v) is 1.31. The molecule has 12 heavy (non-hydrogen) atoms. The summed E-state index contributed by atoms with van der Waals surface area (Å²) in [5.41, 5.74) is 2.56. The Hall–Kier alpha value is -0.450. The molecule has 3 N–H and O–H groups in total. The van der Waals surface area contributed by atoms with Gasteiger partial charge < -0.3 is 5.43 Å². The van der Waals surface area contributed by atoms with Crippen LogP contribution in [0.5, 0.6) is 0 Å². The normalized spacial score (nSPS) is 8.67. The average molecular weight is 213 g/mol. The molecule has 0 aliphatic rings. The lowest BCUT2D eigenvalue weighted by atomic mass is 10.4. The van der Waals surface area contributed by atoms with Crippen molar-refractivity contribution < 1.29 is 0 Å². The molecule has 1 heterocycles. The van der Waals surface area contributed by atoms with Gasteiger partial charge in [0.05, 0.1) is 6.20 Å². The Kier molecular flexibility index (Phi) is 7.18. The maximum Gasteiger partial charge on any atom is 0.138 e. The van der Waals surface area contributed by atoms with Gasteiger partial charge in [-0.2, -0.15) is 5.10 Å². The van der Waals surface area contributed by atoms with Crippen molar-refractivity contribution in [1.82, 2.24) is 9.78 Å². The van der Waals surface area contributed by atoms with Crippen LogP contribution in [0.15, 0.2) is 12.3 Å². The molecule has 1 aromatic heterocycles. The van der Waals surface area contributed by atoms with Crippen molar-refractivity contribution in [2.75, 3.05) is 5.43 Å². The monoisotopic (exact) mass is 212 g/mol. The molecule has 0 saturated heterocycles. The number of hydrazine groups is 1. The Morgan fingerprint density at radius 2 is 2.08 bits per heavy atom. The highest BCUT2D eigenvalue weighted by atomic mass is 35.5. The van der Waals surface area contributed by atoms with Gasteiger partial charge >= 0.3 is 0 Å². The van der Waals surface area contributed by atoms with E-state index in [1.54, 1.807) is 6.20 Å². The van der Waals surface area contributed by atoms with Crippen LogP contribution in [0.3, 0.4) is 0 Å². The zero-order chi connectivity index (χ0) is 7.56. The summed E-state index contributed by atoms with van der Waals surface area (Å²) in [7, 11) is 0. The predicted octanol–water partition coefficient (Wildman–Crippen LogP) is 1.59. The summed E-state index contributed by atoms with van der Waals surface area (Å²) in [6.07, 6.45) is 1.72. The van der Waals surface area contributed by atoms with Crippen LogP contribution in [-0.4, -0.2) is 9.78 Å². The van der Waals surface area contributed by atoms with E-state index >= 15 is 0 Å². The summed E-state index contributed by atoms with van der Waals surface area (Å²) >= 11 is 0.